The molecule has 0 bridgehead atoms. The monoisotopic (exact) mass is 209 g/mol. The number of nitrogens with zero attached hydrogens (tertiary/aromatic N) is 2. The summed E-state index contributed by atoms with van der Waals surface area (Å²) >= 11 is 0. The fraction of sp³-hybridized carbons (Fsp3) is 0.750. The molecule has 1 aromatic rings. The van der Waals surface area contributed by atoms with E-state index in [9.17, 15) is 0 Å². The Morgan fingerprint density at radius 3 is 2.67 bits per heavy atom. The van der Waals surface area contributed by atoms with Gasteiger partial charge in [-0.3, -0.25) is 4.68 Å². The number of nitrogens with one attached hydrogen (secondary N) is 1. The molecular weight excluding hydrogens is 186 g/mol. The van der Waals surface area contributed by atoms with Crippen LogP contribution >= 0.6 is 0 Å². The fourth-order valence-electron chi connectivity index (χ4n) is 1.74. The summed E-state index contributed by atoms with van der Waals surface area (Å²) in [5.74, 6) is 0.804. The van der Waals surface area contributed by atoms with E-state index in [1.165, 1.54) is 18.5 Å². The highest BCUT2D eigenvalue weighted by Crippen LogP contribution is 2.10. The summed E-state index contributed by atoms with van der Waals surface area (Å²) < 4.78 is 1.93. The first kappa shape index (κ1) is 12.2. The van der Waals surface area contributed by atoms with Crippen molar-refractivity contribution in [3.63, 3.8) is 0 Å². The summed E-state index contributed by atoms with van der Waals surface area (Å²) in [7, 11) is 1.99. The van der Waals surface area contributed by atoms with Crippen LogP contribution < -0.4 is 5.32 Å². The van der Waals surface area contributed by atoms with E-state index in [0.717, 1.165) is 12.5 Å². The Hall–Kier alpha value is -0.830. The molecule has 1 heterocycles. The third-order valence-corrected chi connectivity index (χ3v) is 2.71. The molecule has 3 heteroatoms. The van der Waals surface area contributed by atoms with Crippen molar-refractivity contribution in [2.24, 2.45) is 13.0 Å². The molecule has 3 nitrogen and oxygen atoms in total. The Labute approximate surface area is 92.9 Å². The normalized spacial score (nSPS) is 13.4. The van der Waals surface area contributed by atoms with Gasteiger partial charge in [-0.15, -0.1) is 0 Å². The van der Waals surface area contributed by atoms with Crippen molar-refractivity contribution in [3.05, 3.63) is 18.0 Å². The molecule has 0 spiro atoms. The molecule has 1 aromatic heterocycles. The predicted molar refractivity (Wildman–Crippen MR) is 63.7 cm³/mol. The minimum Gasteiger partial charge on any atom is -0.309 e. The first-order valence-electron chi connectivity index (χ1n) is 5.82. The van der Waals surface area contributed by atoms with Gasteiger partial charge in [0.1, 0.15) is 0 Å². The highest BCUT2D eigenvalue weighted by molar-refractivity contribution is 5.04. The average molecular weight is 209 g/mol. The zero-order valence-corrected chi connectivity index (χ0v) is 10.3. The van der Waals surface area contributed by atoms with E-state index in [0.29, 0.717) is 6.04 Å². The van der Waals surface area contributed by atoms with Crippen LogP contribution in [-0.4, -0.2) is 16.3 Å². The van der Waals surface area contributed by atoms with Crippen LogP contribution in [0.1, 0.15) is 45.3 Å². The number of aromatic nitrogens is 2. The van der Waals surface area contributed by atoms with Crippen molar-refractivity contribution in [3.8, 4) is 0 Å². The molecule has 0 aliphatic rings. The molecule has 0 aliphatic heterocycles. The number of hydrogen-bond acceptors (Lipinski definition) is 2. The Morgan fingerprint density at radius 2 is 2.13 bits per heavy atom. The lowest BCUT2D eigenvalue weighted by Crippen LogP contribution is -2.22. The van der Waals surface area contributed by atoms with Crippen molar-refractivity contribution in [2.75, 3.05) is 6.54 Å². The molecule has 15 heavy (non-hydrogen) atoms. The van der Waals surface area contributed by atoms with E-state index >= 15 is 0 Å². The van der Waals surface area contributed by atoms with Gasteiger partial charge in [-0.1, -0.05) is 13.8 Å². The van der Waals surface area contributed by atoms with Crippen LogP contribution in [0, 0.1) is 5.92 Å². The molecule has 1 N–H and O–H groups in total. The van der Waals surface area contributed by atoms with Crippen molar-refractivity contribution in [1.29, 1.82) is 0 Å². The van der Waals surface area contributed by atoms with E-state index in [1.807, 2.05) is 17.9 Å². The molecule has 0 aromatic carbocycles. The highest BCUT2D eigenvalue weighted by atomic mass is 15.3. The van der Waals surface area contributed by atoms with E-state index in [2.05, 4.69) is 37.3 Å². The summed E-state index contributed by atoms with van der Waals surface area (Å²) in [4.78, 5) is 0. The van der Waals surface area contributed by atoms with E-state index < -0.39 is 0 Å². The maximum absolute atomic E-state index is 4.17. The second-order valence-corrected chi connectivity index (χ2v) is 4.59. The van der Waals surface area contributed by atoms with Gasteiger partial charge in [-0.05, 0) is 38.3 Å². The molecule has 1 atom stereocenters. The molecule has 1 unspecified atom stereocenters. The Kier molecular flexibility index (Phi) is 4.82. The third-order valence-electron chi connectivity index (χ3n) is 2.71. The van der Waals surface area contributed by atoms with E-state index in [4.69, 9.17) is 0 Å². The first-order chi connectivity index (χ1) is 7.11. The maximum Gasteiger partial charge on any atom is 0.0547 e. The first-order valence-corrected chi connectivity index (χ1v) is 5.82. The molecule has 0 aliphatic carbocycles. The van der Waals surface area contributed by atoms with Crippen molar-refractivity contribution >= 4 is 0 Å². The van der Waals surface area contributed by atoms with Crippen LogP contribution in [0.3, 0.4) is 0 Å². The van der Waals surface area contributed by atoms with Gasteiger partial charge in [0.15, 0.2) is 0 Å². The highest BCUT2D eigenvalue weighted by Gasteiger charge is 2.07. The van der Waals surface area contributed by atoms with Gasteiger partial charge in [-0.2, -0.15) is 5.10 Å². The second kappa shape index (κ2) is 5.91. The topological polar surface area (TPSA) is 29.9 Å². The zero-order valence-electron chi connectivity index (χ0n) is 10.3. The van der Waals surface area contributed by atoms with Gasteiger partial charge in [0.2, 0.25) is 0 Å². The second-order valence-electron chi connectivity index (χ2n) is 4.59. The fourth-order valence-corrected chi connectivity index (χ4v) is 1.74. The predicted octanol–water partition coefficient (Wildman–Crippen LogP) is 2.51. The molecular formula is C12H23N3. The summed E-state index contributed by atoms with van der Waals surface area (Å²) in [6.07, 6.45) is 4.40. The quantitative estimate of drug-likeness (QED) is 0.730. The lowest BCUT2D eigenvalue weighted by molar-refractivity contribution is 0.482. The molecule has 0 radical (unpaired) electrons. The minimum absolute atomic E-state index is 0.393. The third kappa shape index (κ3) is 4.04. The number of rotatable bonds is 6. The molecule has 0 fully saturated rings. The maximum atomic E-state index is 4.17. The van der Waals surface area contributed by atoms with Crippen LogP contribution in [0.15, 0.2) is 12.3 Å². The van der Waals surface area contributed by atoms with Gasteiger partial charge in [0.25, 0.3) is 0 Å². The van der Waals surface area contributed by atoms with Crippen molar-refractivity contribution < 1.29 is 0 Å². The summed E-state index contributed by atoms with van der Waals surface area (Å²) in [6.45, 7) is 7.81. The van der Waals surface area contributed by atoms with Crippen LogP contribution in [0.4, 0.5) is 0 Å². The summed E-state index contributed by atoms with van der Waals surface area (Å²) in [5.41, 5.74) is 1.25. The van der Waals surface area contributed by atoms with Crippen molar-refractivity contribution in [2.45, 2.75) is 39.7 Å². The SMILES string of the molecule is CC(C)CCCNC(C)c1ccnn1C. The van der Waals surface area contributed by atoms with Crippen molar-refractivity contribution in [1.82, 2.24) is 15.1 Å². The molecule has 0 saturated carbocycles. The van der Waals surface area contributed by atoms with Crippen LogP contribution in [0.25, 0.3) is 0 Å². The standard InChI is InChI=1S/C12H23N3/c1-10(2)6-5-8-13-11(3)12-7-9-14-15(12)4/h7,9-11,13H,5-6,8H2,1-4H3. The molecule has 86 valence electrons. The molecule has 0 saturated heterocycles. The molecule has 0 amide bonds. The van der Waals surface area contributed by atoms with Gasteiger partial charge >= 0.3 is 0 Å². The van der Waals surface area contributed by atoms with E-state index in [1.54, 1.807) is 0 Å². The number of aryl methyl sites for hydroxylation is 1. The van der Waals surface area contributed by atoms with Gasteiger partial charge in [0.05, 0.1) is 5.69 Å². The average Bonchev–Trinajstić information content (AvgIpc) is 2.58. The Bertz CT molecular complexity index is 278. The lowest BCUT2D eigenvalue weighted by atomic mass is 10.1. The summed E-state index contributed by atoms with van der Waals surface area (Å²) in [6, 6.07) is 2.46. The van der Waals surface area contributed by atoms with Crippen LogP contribution in [0.2, 0.25) is 0 Å². The van der Waals surface area contributed by atoms with E-state index in [-0.39, 0.29) is 0 Å². The van der Waals surface area contributed by atoms with Gasteiger partial charge in [0, 0.05) is 19.3 Å². The van der Waals surface area contributed by atoms with Gasteiger partial charge < -0.3 is 5.32 Å². The van der Waals surface area contributed by atoms with Crippen LogP contribution in [0.5, 0.6) is 0 Å². The summed E-state index contributed by atoms with van der Waals surface area (Å²) in [5, 5.41) is 7.69. The number of hydrogen-bond donors (Lipinski definition) is 1. The lowest BCUT2D eigenvalue weighted by Gasteiger charge is -2.14. The Balaban J connectivity index is 2.25. The van der Waals surface area contributed by atoms with Gasteiger partial charge in [-0.25, -0.2) is 0 Å². The smallest absolute Gasteiger partial charge is 0.0547 e. The zero-order chi connectivity index (χ0) is 11.3. The van der Waals surface area contributed by atoms with Crippen LogP contribution in [-0.2, 0) is 7.05 Å². The largest absolute Gasteiger partial charge is 0.309 e. The Morgan fingerprint density at radius 1 is 1.40 bits per heavy atom. The molecule has 1 rings (SSSR count). The minimum atomic E-state index is 0.393.